The van der Waals surface area contributed by atoms with Crippen LogP contribution in [0.5, 0.6) is 5.75 Å². The van der Waals surface area contributed by atoms with E-state index in [0.29, 0.717) is 6.54 Å². The SMILES string of the molecule is C[C@@H](CN)NC(=O)COc1ccccc1Cc1ccccc1.Cl. The third-order valence-electron chi connectivity index (χ3n) is 3.33. The van der Waals surface area contributed by atoms with Gasteiger partial charge in [0.2, 0.25) is 0 Å². The molecule has 124 valence electrons. The van der Waals surface area contributed by atoms with Gasteiger partial charge in [-0.15, -0.1) is 12.4 Å². The second-order valence-electron chi connectivity index (χ2n) is 5.26. The summed E-state index contributed by atoms with van der Waals surface area (Å²) < 4.78 is 5.66. The summed E-state index contributed by atoms with van der Waals surface area (Å²) in [4.78, 5) is 11.8. The third kappa shape index (κ3) is 6.30. The molecule has 0 saturated heterocycles. The number of carbonyl (C=O) groups is 1. The Kier molecular flexibility index (Phi) is 8.16. The summed E-state index contributed by atoms with van der Waals surface area (Å²) >= 11 is 0. The zero-order valence-electron chi connectivity index (χ0n) is 13.2. The van der Waals surface area contributed by atoms with Crippen LogP contribution in [0, 0.1) is 0 Å². The van der Waals surface area contributed by atoms with Gasteiger partial charge < -0.3 is 15.8 Å². The molecule has 0 unspecified atom stereocenters. The molecule has 5 heteroatoms. The highest BCUT2D eigenvalue weighted by atomic mass is 35.5. The molecular weight excluding hydrogens is 312 g/mol. The van der Waals surface area contributed by atoms with Gasteiger partial charge in [-0.1, -0.05) is 48.5 Å². The molecule has 0 heterocycles. The first kappa shape index (κ1) is 19.0. The molecule has 0 radical (unpaired) electrons. The molecular formula is C18H23ClN2O2. The Balaban J connectivity index is 0.00000264. The lowest BCUT2D eigenvalue weighted by atomic mass is 10.0. The van der Waals surface area contributed by atoms with Gasteiger partial charge >= 0.3 is 0 Å². The molecule has 0 fully saturated rings. The molecule has 0 aromatic heterocycles. The maximum atomic E-state index is 11.8. The molecule has 0 bridgehead atoms. The summed E-state index contributed by atoms with van der Waals surface area (Å²) in [6.45, 7) is 2.27. The zero-order chi connectivity index (χ0) is 15.8. The van der Waals surface area contributed by atoms with Crippen LogP contribution < -0.4 is 15.8 Å². The van der Waals surface area contributed by atoms with Crippen LogP contribution in [-0.4, -0.2) is 25.1 Å². The molecule has 0 aliphatic carbocycles. The van der Waals surface area contributed by atoms with E-state index in [1.54, 1.807) is 0 Å². The van der Waals surface area contributed by atoms with E-state index in [4.69, 9.17) is 10.5 Å². The Morgan fingerprint density at radius 3 is 2.48 bits per heavy atom. The minimum absolute atomic E-state index is 0. The van der Waals surface area contributed by atoms with Crippen molar-refractivity contribution in [2.24, 2.45) is 5.73 Å². The highest BCUT2D eigenvalue weighted by Gasteiger charge is 2.09. The number of nitrogens with two attached hydrogens (primary N) is 1. The van der Waals surface area contributed by atoms with E-state index in [1.807, 2.05) is 49.4 Å². The standard InChI is InChI=1S/C18H22N2O2.ClH/c1-14(12-19)20-18(21)13-22-17-10-6-5-9-16(17)11-15-7-3-2-4-8-15;/h2-10,14H,11-13,19H2,1H3,(H,20,21);1H/t14-;/m0./s1. The quantitative estimate of drug-likeness (QED) is 0.818. The van der Waals surface area contributed by atoms with Gasteiger partial charge in [0.1, 0.15) is 5.75 Å². The number of halogens is 1. The number of carbonyl (C=O) groups excluding carboxylic acids is 1. The summed E-state index contributed by atoms with van der Waals surface area (Å²) in [5.41, 5.74) is 7.75. The predicted octanol–water partition coefficient (Wildman–Crippen LogP) is 2.54. The monoisotopic (exact) mass is 334 g/mol. The molecule has 0 aliphatic heterocycles. The Bertz CT molecular complexity index is 605. The van der Waals surface area contributed by atoms with Crippen molar-refractivity contribution < 1.29 is 9.53 Å². The van der Waals surface area contributed by atoms with Crippen LogP contribution in [0.3, 0.4) is 0 Å². The van der Waals surface area contributed by atoms with Crippen LogP contribution in [0.1, 0.15) is 18.1 Å². The Morgan fingerprint density at radius 1 is 1.13 bits per heavy atom. The predicted molar refractivity (Wildman–Crippen MR) is 95.1 cm³/mol. The Labute approximate surface area is 143 Å². The lowest BCUT2D eigenvalue weighted by molar-refractivity contribution is -0.123. The Morgan fingerprint density at radius 2 is 1.78 bits per heavy atom. The van der Waals surface area contributed by atoms with E-state index < -0.39 is 0 Å². The van der Waals surface area contributed by atoms with Crippen molar-refractivity contribution in [2.75, 3.05) is 13.2 Å². The van der Waals surface area contributed by atoms with Gasteiger partial charge in [-0.3, -0.25) is 4.79 Å². The molecule has 0 aliphatic rings. The molecule has 2 rings (SSSR count). The molecule has 1 amide bonds. The number of amides is 1. The van der Waals surface area contributed by atoms with Crippen LogP contribution in [0.15, 0.2) is 54.6 Å². The van der Waals surface area contributed by atoms with Crippen LogP contribution in [-0.2, 0) is 11.2 Å². The average Bonchev–Trinajstić information content (AvgIpc) is 2.55. The number of benzene rings is 2. The van der Waals surface area contributed by atoms with E-state index in [1.165, 1.54) is 5.56 Å². The van der Waals surface area contributed by atoms with Gasteiger partial charge in [-0.25, -0.2) is 0 Å². The van der Waals surface area contributed by atoms with Gasteiger partial charge in [-0.05, 0) is 24.1 Å². The second kappa shape index (κ2) is 9.87. The van der Waals surface area contributed by atoms with Crippen molar-refractivity contribution in [3.63, 3.8) is 0 Å². The maximum Gasteiger partial charge on any atom is 0.258 e. The first-order valence-corrected chi connectivity index (χ1v) is 7.43. The van der Waals surface area contributed by atoms with Crippen LogP contribution >= 0.6 is 12.4 Å². The fourth-order valence-electron chi connectivity index (χ4n) is 2.13. The van der Waals surface area contributed by atoms with Crippen molar-refractivity contribution in [1.29, 1.82) is 0 Å². The van der Waals surface area contributed by atoms with Crippen molar-refractivity contribution in [3.05, 3.63) is 65.7 Å². The molecule has 4 nitrogen and oxygen atoms in total. The van der Waals surface area contributed by atoms with Gasteiger partial charge in [0.15, 0.2) is 6.61 Å². The lowest BCUT2D eigenvalue weighted by Gasteiger charge is -2.14. The van der Waals surface area contributed by atoms with Gasteiger partial charge in [0, 0.05) is 19.0 Å². The topological polar surface area (TPSA) is 64.3 Å². The van der Waals surface area contributed by atoms with Crippen LogP contribution in [0.2, 0.25) is 0 Å². The summed E-state index contributed by atoms with van der Waals surface area (Å²) in [6.07, 6.45) is 0.776. The number of hydrogen-bond donors (Lipinski definition) is 2. The van der Waals surface area contributed by atoms with Crippen LogP contribution in [0.4, 0.5) is 0 Å². The van der Waals surface area contributed by atoms with Crippen molar-refractivity contribution in [3.8, 4) is 5.75 Å². The lowest BCUT2D eigenvalue weighted by Crippen LogP contribution is -2.40. The second-order valence-corrected chi connectivity index (χ2v) is 5.26. The highest BCUT2D eigenvalue weighted by Crippen LogP contribution is 2.21. The fourth-order valence-corrected chi connectivity index (χ4v) is 2.13. The normalized spacial score (nSPS) is 11.2. The minimum Gasteiger partial charge on any atom is -0.483 e. The molecule has 1 atom stereocenters. The number of hydrogen-bond acceptors (Lipinski definition) is 3. The maximum absolute atomic E-state index is 11.8. The van der Waals surface area contributed by atoms with E-state index in [0.717, 1.165) is 17.7 Å². The van der Waals surface area contributed by atoms with Crippen molar-refractivity contribution in [1.82, 2.24) is 5.32 Å². The molecule has 3 N–H and O–H groups in total. The molecule has 2 aromatic rings. The summed E-state index contributed by atoms with van der Waals surface area (Å²) in [5.74, 6) is 0.578. The third-order valence-corrected chi connectivity index (χ3v) is 3.33. The van der Waals surface area contributed by atoms with Gasteiger partial charge in [-0.2, -0.15) is 0 Å². The van der Waals surface area contributed by atoms with Crippen molar-refractivity contribution in [2.45, 2.75) is 19.4 Å². The molecule has 23 heavy (non-hydrogen) atoms. The molecule has 0 saturated carbocycles. The summed E-state index contributed by atoms with van der Waals surface area (Å²) in [6, 6.07) is 17.9. The van der Waals surface area contributed by atoms with Crippen molar-refractivity contribution >= 4 is 18.3 Å². The van der Waals surface area contributed by atoms with Gasteiger partial charge in [0.05, 0.1) is 0 Å². The Hall–Kier alpha value is -2.04. The van der Waals surface area contributed by atoms with E-state index in [-0.39, 0.29) is 31.0 Å². The summed E-state index contributed by atoms with van der Waals surface area (Å²) in [5, 5.41) is 2.78. The fraction of sp³-hybridized carbons (Fsp3) is 0.278. The molecule has 2 aromatic carbocycles. The molecule has 0 spiro atoms. The number of ether oxygens (including phenoxy) is 1. The number of rotatable bonds is 7. The first-order chi connectivity index (χ1) is 10.7. The first-order valence-electron chi connectivity index (χ1n) is 7.43. The van der Waals surface area contributed by atoms with Crippen LogP contribution in [0.25, 0.3) is 0 Å². The minimum atomic E-state index is -0.160. The number of nitrogens with one attached hydrogen (secondary N) is 1. The smallest absolute Gasteiger partial charge is 0.258 e. The summed E-state index contributed by atoms with van der Waals surface area (Å²) in [7, 11) is 0. The van der Waals surface area contributed by atoms with E-state index >= 15 is 0 Å². The van der Waals surface area contributed by atoms with Gasteiger partial charge in [0.25, 0.3) is 5.91 Å². The van der Waals surface area contributed by atoms with E-state index in [9.17, 15) is 4.79 Å². The average molecular weight is 335 g/mol. The number of para-hydroxylation sites is 1. The van der Waals surface area contributed by atoms with E-state index in [2.05, 4.69) is 17.4 Å². The highest BCUT2D eigenvalue weighted by molar-refractivity contribution is 5.85. The largest absolute Gasteiger partial charge is 0.483 e. The zero-order valence-corrected chi connectivity index (χ0v) is 14.0.